The van der Waals surface area contributed by atoms with Crippen LogP contribution in [0.5, 0.6) is 0 Å². The van der Waals surface area contributed by atoms with Crippen LogP contribution in [0.2, 0.25) is 0 Å². The van der Waals surface area contributed by atoms with E-state index in [-0.39, 0.29) is 18.9 Å². The topological polar surface area (TPSA) is 327 Å². The number of hydrogen-bond acceptors (Lipinski definition) is 20. The average molecular weight is 1010 g/mol. The molecule has 0 amide bonds. The number of ether oxygens (including phenoxy) is 8. The molecule has 70 heavy (non-hydrogen) atoms. The monoisotopic (exact) mass is 1010 g/mol. The number of aliphatic hydroxyl groups excluding tert-OH is 9. The third kappa shape index (κ3) is 22.1. The Morgan fingerprint density at radius 3 is 1.60 bits per heavy atom. The molecule has 3 rings (SSSR count). The number of unbranched alkanes of at least 4 members (excludes halogenated alkanes) is 12. The van der Waals surface area contributed by atoms with E-state index in [1.807, 2.05) is 6.92 Å². The third-order valence-electron chi connectivity index (χ3n) is 13.1. The number of carboxylic acids is 1. The van der Waals surface area contributed by atoms with E-state index < -0.39 is 135 Å². The third-order valence-corrected chi connectivity index (χ3v) is 13.1. The minimum absolute atomic E-state index is 0.0403. The zero-order chi connectivity index (χ0) is 51.8. The molecule has 21 heteroatoms. The summed E-state index contributed by atoms with van der Waals surface area (Å²) in [4.78, 5) is 35.0. The molecule has 0 aromatic heterocycles. The van der Waals surface area contributed by atoms with Gasteiger partial charge in [-0.25, -0.2) is 4.79 Å². The van der Waals surface area contributed by atoms with Crippen molar-refractivity contribution >= 4 is 17.9 Å². The zero-order valence-corrected chi connectivity index (χ0v) is 41.8. The van der Waals surface area contributed by atoms with Gasteiger partial charge in [0.1, 0.15) is 61.5 Å². The van der Waals surface area contributed by atoms with Crippen LogP contribution in [0.25, 0.3) is 0 Å². The molecule has 3 saturated heterocycles. The Kier molecular flexibility index (Phi) is 29.8. The Morgan fingerprint density at radius 2 is 1.07 bits per heavy atom. The Balaban J connectivity index is 1.52. The number of rotatable bonds is 35. The van der Waals surface area contributed by atoms with Gasteiger partial charge < -0.3 is 89.0 Å². The maximum atomic E-state index is 12.4. The molecule has 3 heterocycles. The lowest BCUT2D eigenvalue weighted by atomic mass is 9.98. The molecule has 3 fully saturated rings. The van der Waals surface area contributed by atoms with Gasteiger partial charge in [-0.05, 0) is 44.4 Å². The maximum absolute atomic E-state index is 12.4. The number of carbonyl (C=O) groups excluding carboxylic acids is 2. The van der Waals surface area contributed by atoms with Gasteiger partial charge in [0.15, 0.2) is 31.1 Å². The largest absolute Gasteiger partial charge is 0.479 e. The molecule has 17 atom stereocenters. The van der Waals surface area contributed by atoms with Crippen molar-refractivity contribution in [3.8, 4) is 0 Å². The van der Waals surface area contributed by atoms with E-state index in [4.69, 9.17) is 43.0 Å². The molecule has 3 aliphatic rings. The van der Waals surface area contributed by atoms with Crippen molar-refractivity contribution in [2.45, 2.75) is 267 Å². The van der Waals surface area contributed by atoms with Crippen LogP contribution < -0.4 is 0 Å². The van der Waals surface area contributed by atoms with E-state index >= 15 is 0 Å². The summed E-state index contributed by atoms with van der Waals surface area (Å²) >= 11 is 0. The first-order valence-electron chi connectivity index (χ1n) is 25.9. The summed E-state index contributed by atoms with van der Waals surface area (Å²) in [5.41, 5.74) is 0. The standard InChI is InChI=1S/C49H88O21/c1-5-6-20-31(21-19-24-33(52)32(51)22-17-15-13-11-9-7-8-10-12-14-16-18-23-34(53)46(61)62)67-48-44(39(57)35(54)26-64-48)70-49-45(40(58)36(55)27-65-49)69-47-42(60)41(59)43(66-30(4)50)37(68-47)28-63-38(56)25-29(2)3/h29,31-37,39-45,47-49,51-55,57-60H,5-28H2,1-4H3,(H,61,62)/t31-,32-,33+,34+,35+,36+,37+,39-,40-,41+,42+,43+,44+,45+,47-,48-,49-/m1/s1. The molecule has 10 N–H and O–H groups in total. The van der Waals surface area contributed by atoms with E-state index in [0.29, 0.717) is 38.5 Å². The van der Waals surface area contributed by atoms with Crippen LogP contribution in [0, 0.1) is 5.92 Å². The predicted molar refractivity (Wildman–Crippen MR) is 248 cm³/mol. The first-order valence-corrected chi connectivity index (χ1v) is 25.9. The van der Waals surface area contributed by atoms with Crippen LogP contribution in [0.1, 0.15) is 163 Å². The molecule has 3 aliphatic heterocycles. The van der Waals surface area contributed by atoms with Crippen molar-refractivity contribution in [2.75, 3.05) is 19.8 Å². The first-order chi connectivity index (χ1) is 33.3. The van der Waals surface area contributed by atoms with E-state index in [9.17, 15) is 60.3 Å². The highest BCUT2D eigenvalue weighted by Gasteiger charge is 2.52. The lowest BCUT2D eigenvalue weighted by Gasteiger charge is -2.46. The Morgan fingerprint density at radius 1 is 0.586 bits per heavy atom. The van der Waals surface area contributed by atoms with Gasteiger partial charge in [0.2, 0.25) is 0 Å². The minimum atomic E-state index is -1.91. The number of carboxylic acid groups (broad SMARTS) is 1. The molecule has 0 saturated carbocycles. The Bertz CT molecular complexity index is 1440. The van der Waals surface area contributed by atoms with Crippen molar-refractivity contribution in [3.63, 3.8) is 0 Å². The van der Waals surface area contributed by atoms with Crippen LogP contribution in [0.3, 0.4) is 0 Å². The highest BCUT2D eigenvalue weighted by molar-refractivity contribution is 5.71. The van der Waals surface area contributed by atoms with Crippen LogP contribution in [-0.2, 0) is 52.3 Å². The normalized spacial score (nSPS) is 31.2. The van der Waals surface area contributed by atoms with Gasteiger partial charge in [-0.2, -0.15) is 0 Å². The fourth-order valence-corrected chi connectivity index (χ4v) is 8.85. The number of aliphatic hydroxyl groups is 9. The van der Waals surface area contributed by atoms with Crippen LogP contribution in [0.4, 0.5) is 0 Å². The van der Waals surface area contributed by atoms with Crippen molar-refractivity contribution in [2.24, 2.45) is 5.92 Å². The molecule has 0 bridgehead atoms. The van der Waals surface area contributed by atoms with Crippen LogP contribution >= 0.6 is 0 Å². The molecule has 410 valence electrons. The zero-order valence-electron chi connectivity index (χ0n) is 41.8. The van der Waals surface area contributed by atoms with Gasteiger partial charge in [-0.15, -0.1) is 0 Å². The molecule has 0 aliphatic carbocycles. The Hall–Kier alpha value is -2.19. The van der Waals surface area contributed by atoms with E-state index in [2.05, 4.69) is 0 Å². The molecule has 0 unspecified atom stereocenters. The summed E-state index contributed by atoms with van der Waals surface area (Å²) in [5.74, 6) is -2.62. The number of aliphatic carboxylic acids is 1. The number of esters is 2. The van der Waals surface area contributed by atoms with Crippen molar-refractivity contribution in [1.82, 2.24) is 0 Å². The molecule has 0 aromatic carbocycles. The summed E-state index contributed by atoms with van der Waals surface area (Å²) < 4.78 is 46.5. The average Bonchev–Trinajstić information content (AvgIpc) is 3.31. The molecule has 21 nitrogen and oxygen atoms in total. The second-order valence-electron chi connectivity index (χ2n) is 19.7. The summed E-state index contributed by atoms with van der Waals surface area (Å²) in [6.07, 6.45) is -7.77. The summed E-state index contributed by atoms with van der Waals surface area (Å²) in [7, 11) is 0. The molecule has 0 radical (unpaired) electrons. The fourth-order valence-electron chi connectivity index (χ4n) is 8.85. The highest BCUT2D eigenvalue weighted by Crippen LogP contribution is 2.33. The molecule has 0 aromatic rings. The summed E-state index contributed by atoms with van der Waals surface area (Å²) in [6, 6.07) is 0. The van der Waals surface area contributed by atoms with Crippen molar-refractivity contribution < 1.29 is 103 Å². The Labute approximate surface area is 413 Å². The van der Waals surface area contributed by atoms with Gasteiger partial charge >= 0.3 is 17.9 Å². The molecular weight excluding hydrogens is 925 g/mol. The predicted octanol–water partition coefficient (Wildman–Crippen LogP) is 2.26. The molecule has 0 spiro atoms. The molecular formula is C49H88O21. The lowest BCUT2D eigenvalue weighted by molar-refractivity contribution is -0.380. The van der Waals surface area contributed by atoms with Gasteiger partial charge in [-0.3, -0.25) is 9.59 Å². The van der Waals surface area contributed by atoms with Gasteiger partial charge in [0, 0.05) is 13.3 Å². The van der Waals surface area contributed by atoms with E-state index in [1.54, 1.807) is 13.8 Å². The van der Waals surface area contributed by atoms with Gasteiger partial charge in [-0.1, -0.05) is 111 Å². The summed E-state index contributed by atoms with van der Waals surface area (Å²) in [5, 5.41) is 106. The number of carbonyl (C=O) groups is 3. The SMILES string of the molecule is CCCC[C@H](CCC[C@H](O)[C@H](O)CCCCCCCCCCCCCC[C@H](O)C(=O)O)O[C@H]1OC[C@H](O)[C@@H](O)[C@@H]1O[C@H]1OC[C@H](O)[C@@H](O)[C@@H]1O[C@H]1O[C@@H](COC(=O)CC(C)C)[C@H](OC(C)=O)[C@@H](O)[C@@H]1O. The van der Waals surface area contributed by atoms with Crippen molar-refractivity contribution in [3.05, 3.63) is 0 Å². The maximum Gasteiger partial charge on any atom is 0.332 e. The smallest absolute Gasteiger partial charge is 0.332 e. The van der Waals surface area contributed by atoms with Gasteiger partial charge in [0.05, 0.1) is 31.5 Å². The fraction of sp³-hybridized carbons (Fsp3) is 0.939. The van der Waals surface area contributed by atoms with Crippen LogP contribution in [0.15, 0.2) is 0 Å². The van der Waals surface area contributed by atoms with Crippen molar-refractivity contribution in [1.29, 1.82) is 0 Å². The summed E-state index contributed by atoms with van der Waals surface area (Å²) in [6.45, 7) is 5.41. The second kappa shape index (κ2) is 33.6. The van der Waals surface area contributed by atoms with E-state index in [0.717, 1.165) is 96.8 Å². The minimum Gasteiger partial charge on any atom is -0.479 e. The quantitative estimate of drug-likeness (QED) is 0.0321. The van der Waals surface area contributed by atoms with E-state index in [1.165, 1.54) is 0 Å². The second-order valence-corrected chi connectivity index (χ2v) is 19.7. The first kappa shape index (κ1) is 62.1. The van der Waals surface area contributed by atoms with Crippen LogP contribution in [-0.4, -0.2) is 193 Å². The number of hydrogen-bond donors (Lipinski definition) is 10. The lowest BCUT2D eigenvalue weighted by Crippen LogP contribution is -2.65. The van der Waals surface area contributed by atoms with Gasteiger partial charge in [0.25, 0.3) is 0 Å². The highest BCUT2D eigenvalue weighted by atomic mass is 16.8.